The van der Waals surface area contributed by atoms with Crippen LogP contribution in [-0.4, -0.2) is 53.9 Å². The van der Waals surface area contributed by atoms with E-state index in [0.29, 0.717) is 26.2 Å². The summed E-state index contributed by atoms with van der Waals surface area (Å²) in [5.41, 5.74) is 1.88. The number of para-hydroxylation sites is 1. The number of hydrogen-bond acceptors (Lipinski definition) is 3. The molecule has 0 unspecified atom stereocenters. The Balaban J connectivity index is 1.42. The van der Waals surface area contributed by atoms with Crippen molar-refractivity contribution >= 4 is 11.8 Å². The van der Waals surface area contributed by atoms with Crippen LogP contribution in [0.1, 0.15) is 41.1 Å². The number of hydrogen-bond donors (Lipinski definition) is 0. The van der Waals surface area contributed by atoms with Gasteiger partial charge in [-0.25, -0.2) is 0 Å². The normalized spacial score (nSPS) is 19.5. The Morgan fingerprint density at radius 2 is 1.57 bits per heavy atom. The fraction of sp³-hybridized carbons (Fsp3) is 0.360. The van der Waals surface area contributed by atoms with E-state index in [4.69, 9.17) is 4.74 Å². The number of carbonyl (C=O) groups is 2. The molecule has 0 aromatic heterocycles. The molecule has 0 N–H and O–H groups in total. The number of ether oxygens (including phenoxy) is 1. The number of likely N-dealkylation sites (tertiary alicyclic amines) is 2. The van der Waals surface area contributed by atoms with Gasteiger partial charge in [-0.1, -0.05) is 43.0 Å². The molecule has 2 heterocycles. The van der Waals surface area contributed by atoms with E-state index in [1.165, 1.54) is 6.08 Å². The second kappa shape index (κ2) is 9.16. The van der Waals surface area contributed by atoms with Crippen molar-refractivity contribution in [2.24, 2.45) is 0 Å². The molecule has 4 rings (SSSR count). The minimum atomic E-state index is -0.0145. The summed E-state index contributed by atoms with van der Waals surface area (Å²) in [5.74, 6) is 1.20. The molecule has 2 fully saturated rings. The molecule has 30 heavy (non-hydrogen) atoms. The van der Waals surface area contributed by atoms with Crippen molar-refractivity contribution < 1.29 is 14.3 Å². The zero-order valence-electron chi connectivity index (χ0n) is 17.2. The molecule has 1 atom stereocenters. The molecular formula is C25H28N2O3. The van der Waals surface area contributed by atoms with E-state index in [1.54, 1.807) is 0 Å². The first-order valence-corrected chi connectivity index (χ1v) is 10.7. The summed E-state index contributed by atoms with van der Waals surface area (Å²) in [7, 11) is 0. The first kappa shape index (κ1) is 20.2. The lowest BCUT2D eigenvalue weighted by Crippen LogP contribution is -2.37. The van der Waals surface area contributed by atoms with Crippen LogP contribution in [0.15, 0.2) is 67.3 Å². The van der Waals surface area contributed by atoms with Crippen LogP contribution >= 0.6 is 0 Å². The van der Waals surface area contributed by atoms with Crippen LogP contribution in [0.3, 0.4) is 0 Å². The summed E-state index contributed by atoms with van der Waals surface area (Å²) >= 11 is 0. The maximum absolute atomic E-state index is 13.3. The maximum Gasteiger partial charge on any atom is 0.254 e. The Hall–Kier alpha value is -3.08. The zero-order valence-corrected chi connectivity index (χ0v) is 17.2. The van der Waals surface area contributed by atoms with Crippen molar-refractivity contribution in [1.82, 2.24) is 9.80 Å². The van der Waals surface area contributed by atoms with E-state index in [9.17, 15) is 9.59 Å². The van der Waals surface area contributed by atoms with Gasteiger partial charge in [0.05, 0.1) is 6.54 Å². The minimum absolute atomic E-state index is 0.0145. The predicted molar refractivity (Wildman–Crippen MR) is 117 cm³/mol. The molecule has 2 aliphatic rings. The predicted octanol–water partition coefficient (Wildman–Crippen LogP) is 3.87. The van der Waals surface area contributed by atoms with E-state index < -0.39 is 0 Å². The van der Waals surface area contributed by atoms with Gasteiger partial charge in [-0.3, -0.25) is 9.59 Å². The average molecular weight is 405 g/mol. The summed E-state index contributed by atoms with van der Waals surface area (Å²) in [6, 6.07) is 17.7. The molecule has 5 heteroatoms. The average Bonchev–Trinajstić information content (AvgIpc) is 3.27. The first-order valence-electron chi connectivity index (χ1n) is 10.7. The molecule has 0 saturated carbocycles. The molecule has 0 aliphatic carbocycles. The molecule has 0 bridgehead atoms. The molecule has 2 aliphatic heterocycles. The Bertz CT molecular complexity index is 904. The van der Waals surface area contributed by atoms with Crippen molar-refractivity contribution in [3.63, 3.8) is 0 Å². The van der Waals surface area contributed by atoms with Crippen LogP contribution in [0.25, 0.3) is 0 Å². The van der Waals surface area contributed by atoms with Crippen LogP contribution in [0.5, 0.6) is 5.75 Å². The fourth-order valence-corrected chi connectivity index (χ4v) is 4.46. The van der Waals surface area contributed by atoms with Crippen LogP contribution in [-0.2, 0) is 4.79 Å². The van der Waals surface area contributed by atoms with Crippen LogP contribution in [0.2, 0.25) is 0 Å². The van der Waals surface area contributed by atoms with Gasteiger partial charge in [-0.2, -0.15) is 0 Å². The monoisotopic (exact) mass is 404 g/mol. The topological polar surface area (TPSA) is 49.9 Å². The number of nitrogens with zero attached hydrogens (tertiary/aromatic N) is 2. The lowest BCUT2D eigenvalue weighted by molar-refractivity contribution is -0.127. The van der Waals surface area contributed by atoms with Crippen molar-refractivity contribution in [2.45, 2.75) is 31.3 Å². The highest BCUT2D eigenvalue weighted by atomic mass is 16.5. The Labute approximate surface area is 177 Å². The van der Waals surface area contributed by atoms with Crippen molar-refractivity contribution in [3.05, 3.63) is 78.4 Å². The lowest BCUT2D eigenvalue weighted by atomic mass is 9.86. The fourth-order valence-electron chi connectivity index (χ4n) is 4.46. The standard InChI is InChI=1S/C25H28N2O3/c1-2-24(28)26-15-12-19(13-16-26)22-10-6-7-11-23(22)25(29)27-17-14-21(18-27)30-20-8-4-3-5-9-20/h2-11,19,21H,1,12-18H2/t21-/m1/s1. The molecule has 0 spiro atoms. The quantitative estimate of drug-likeness (QED) is 0.711. The Morgan fingerprint density at radius 3 is 2.30 bits per heavy atom. The van der Waals surface area contributed by atoms with Gasteiger partial charge in [0.15, 0.2) is 0 Å². The molecule has 5 nitrogen and oxygen atoms in total. The summed E-state index contributed by atoms with van der Waals surface area (Å²) in [6.45, 7) is 6.29. The van der Waals surface area contributed by atoms with Gasteiger partial charge in [-0.05, 0) is 48.6 Å². The summed E-state index contributed by atoms with van der Waals surface area (Å²) < 4.78 is 6.04. The minimum Gasteiger partial charge on any atom is -0.489 e. The van der Waals surface area contributed by atoms with Gasteiger partial charge in [-0.15, -0.1) is 0 Å². The molecule has 0 radical (unpaired) electrons. The van der Waals surface area contributed by atoms with Gasteiger partial charge in [0.1, 0.15) is 11.9 Å². The van der Waals surface area contributed by atoms with Crippen molar-refractivity contribution in [3.8, 4) is 5.75 Å². The highest BCUT2D eigenvalue weighted by Gasteiger charge is 2.31. The Morgan fingerprint density at radius 1 is 0.900 bits per heavy atom. The van der Waals surface area contributed by atoms with Crippen LogP contribution < -0.4 is 4.74 Å². The third-order valence-electron chi connectivity index (χ3n) is 6.09. The zero-order chi connectivity index (χ0) is 20.9. The molecule has 2 aromatic carbocycles. The summed E-state index contributed by atoms with van der Waals surface area (Å²) in [4.78, 5) is 28.9. The van der Waals surface area contributed by atoms with Gasteiger partial charge < -0.3 is 14.5 Å². The highest BCUT2D eigenvalue weighted by molar-refractivity contribution is 5.96. The van der Waals surface area contributed by atoms with Gasteiger partial charge in [0.25, 0.3) is 5.91 Å². The van der Waals surface area contributed by atoms with E-state index >= 15 is 0 Å². The van der Waals surface area contributed by atoms with Crippen LogP contribution in [0, 0.1) is 0 Å². The lowest BCUT2D eigenvalue weighted by Gasteiger charge is -2.32. The number of carbonyl (C=O) groups excluding carboxylic acids is 2. The number of rotatable bonds is 5. The molecule has 2 aromatic rings. The second-order valence-corrected chi connectivity index (χ2v) is 7.98. The van der Waals surface area contributed by atoms with Gasteiger partial charge >= 0.3 is 0 Å². The first-order chi connectivity index (χ1) is 14.7. The molecule has 2 saturated heterocycles. The Kier molecular flexibility index (Phi) is 6.17. The number of amides is 2. The third kappa shape index (κ3) is 4.40. The number of benzene rings is 2. The van der Waals surface area contributed by atoms with Crippen molar-refractivity contribution in [1.29, 1.82) is 0 Å². The van der Waals surface area contributed by atoms with E-state index in [1.807, 2.05) is 58.3 Å². The maximum atomic E-state index is 13.3. The summed E-state index contributed by atoms with van der Waals surface area (Å²) in [5, 5.41) is 0. The van der Waals surface area contributed by atoms with E-state index in [-0.39, 0.29) is 23.8 Å². The highest BCUT2D eigenvalue weighted by Crippen LogP contribution is 2.32. The number of piperidine rings is 1. The third-order valence-corrected chi connectivity index (χ3v) is 6.09. The van der Waals surface area contributed by atoms with Gasteiger partial charge in [0, 0.05) is 31.6 Å². The molecule has 156 valence electrons. The largest absolute Gasteiger partial charge is 0.489 e. The van der Waals surface area contributed by atoms with Crippen molar-refractivity contribution in [2.75, 3.05) is 26.2 Å². The summed E-state index contributed by atoms with van der Waals surface area (Å²) in [6.07, 6.45) is 3.97. The molecular weight excluding hydrogens is 376 g/mol. The molecule has 2 amide bonds. The van der Waals surface area contributed by atoms with E-state index in [2.05, 4.69) is 12.6 Å². The van der Waals surface area contributed by atoms with Gasteiger partial charge in [0.2, 0.25) is 5.91 Å². The van der Waals surface area contributed by atoms with Crippen LogP contribution in [0.4, 0.5) is 0 Å². The second-order valence-electron chi connectivity index (χ2n) is 7.98. The van der Waals surface area contributed by atoms with E-state index in [0.717, 1.165) is 36.1 Å². The SMILES string of the molecule is C=CC(=O)N1CCC(c2ccccc2C(=O)N2CC[C@@H](Oc3ccccc3)C2)CC1. The smallest absolute Gasteiger partial charge is 0.254 e.